The fourth-order valence-corrected chi connectivity index (χ4v) is 2.87. The van der Waals surface area contributed by atoms with Gasteiger partial charge in [-0.3, -0.25) is 0 Å². The highest BCUT2D eigenvalue weighted by Gasteiger charge is 2.35. The van der Waals surface area contributed by atoms with Gasteiger partial charge in [0.2, 0.25) is 0 Å². The molecule has 1 fully saturated rings. The molecule has 0 atom stereocenters. The van der Waals surface area contributed by atoms with E-state index in [9.17, 15) is 0 Å². The van der Waals surface area contributed by atoms with Gasteiger partial charge >= 0.3 is 0 Å². The number of hydrogen-bond acceptors (Lipinski definition) is 2. The minimum Gasteiger partial charge on any atom is -0.399 e. The molecule has 2 aromatic rings. The van der Waals surface area contributed by atoms with Crippen molar-refractivity contribution in [2.75, 3.05) is 5.73 Å². The van der Waals surface area contributed by atoms with Crippen LogP contribution in [0.15, 0.2) is 24.5 Å². The number of anilines is 1. The monoisotopic (exact) mass is 229 g/mol. The van der Waals surface area contributed by atoms with Gasteiger partial charge in [-0.2, -0.15) is 0 Å². The van der Waals surface area contributed by atoms with Gasteiger partial charge in [-0.1, -0.05) is 13.3 Å². The molecule has 0 radical (unpaired) electrons. The Labute approximate surface area is 102 Å². The number of hydrogen-bond donors (Lipinski definition) is 1. The number of nitrogens with zero attached hydrogens (tertiary/aromatic N) is 2. The first-order valence-electron chi connectivity index (χ1n) is 6.43. The van der Waals surface area contributed by atoms with Crippen LogP contribution in [0, 0.1) is 5.41 Å². The summed E-state index contributed by atoms with van der Waals surface area (Å²) in [5.41, 5.74) is 9.30. The molecule has 1 saturated carbocycles. The summed E-state index contributed by atoms with van der Waals surface area (Å²) in [4.78, 5) is 4.44. The van der Waals surface area contributed by atoms with Gasteiger partial charge in [0, 0.05) is 12.2 Å². The molecule has 1 aromatic carbocycles. The zero-order valence-corrected chi connectivity index (χ0v) is 10.3. The smallest absolute Gasteiger partial charge is 0.0958 e. The minimum absolute atomic E-state index is 0.523. The van der Waals surface area contributed by atoms with E-state index in [0.29, 0.717) is 5.41 Å². The standard InChI is InChI=1S/C14H19N3/c1-2-14(6-3-7-14)9-17-10-16-12-8-11(15)4-5-13(12)17/h4-5,8,10H,2-3,6-7,9,15H2,1H3. The summed E-state index contributed by atoms with van der Waals surface area (Å²) in [6, 6.07) is 5.99. The number of rotatable bonds is 3. The topological polar surface area (TPSA) is 43.8 Å². The molecule has 0 bridgehead atoms. The lowest BCUT2D eigenvalue weighted by molar-refractivity contribution is 0.102. The Morgan fingerprint density at radius 3 is 2.88 bits per heavy atom. The summed E-state index contributed by atoms with van der Waals surface area (Å²) in [6.45, 7) is 3.40. The fraction of sp³-hybridized carbons (Fsp3) is 0.500. The van der Waals surface area contributed by atoms with Crippen LogP contribution in [-0.4, -0.2) is 9.55 Å². The maximum atomic E-state index is 5.77. The van der Waals surface area contributed by atoms with Crippen LogP contribution in [-0.2, 0) is 6.54 Å². The van der Waals surface area contributed by atoms with E-state index in [2.05, 4.69) is 22.5 Å². The molecule has 2 N–H and O–H groups in total. The SMILES string of the molecule is CCC1(Cn2cnc3cc(N)ccc32)CCC1. The van der Waals surface area contributed by atoms with Crippen molar-refractivity contribution < 1.29 is 0 Å². The van der Waals surface area contributed by atoms with Crippen molar-refractivity contribution in [3.05, 3.63) is 24.5 Å². The molecule has 0 unspecified atom stereocenters. The lowest BCUT2D eigenvalue weighted by atomic mass is 9.67. The zero-order valence-electron chi connectivity index (χ0n) is 10.3. The van der Waals surface area contributed by atoms with Crippen molar-refractivity contribution in [3.63, 3.8) is 0 Å². The van der Waals surface area contributed by atoms with Crippen molar-refractivity contribution in [1.82, 2.24) is 9.55 Å². The molecule has 0 spiro atoms. The Bertz CT molecular complexity index is 532. The average molecular weight is 229 g/mol. The lowest BCUT2D eigenvalue weighted by Crippen LogP contribution is -2.33. The number of benzene rings is 1. The number of imidazole rings is 1. The van der Waals surface area contributed by atoms with Crippen molar-refractivity contribution in [1.29, 1.82) is 0 Å². The van der Waals surface area contributed by atoms with E-state index in [4.69, 9.17) is 5.73 Å². The highest BCUT2D eigenvalue weighted by molar-refractivity contribution is 5.78. The third kappa shape index (κ3) is 1.70. The predicted molar refractivity (Wildman–Crippen MR) is 70.7 cm³/mol. The first-order valence-corrected chi connectivity index (χ1v) is 6.43. The number of aromatic nitrogens is 2. The zero-order chi connectivity index (χ0) is 11.9. The molecule has 1 aromatic heterocycles. The van der Waals surface area contributed by atoms with Crippen LogP contribution in [0.25, 0.3) is 11.0 Å². The molecule has 0 amide bonds. The third-order valence-electron chi connectivity index (χ3n) is 4.32. The van der Waals surface area contributed by atoms with Crippen LogP contribution in [0.5, 0.6) is 0 Å². The second kappa shape index (κ2) is 3.76. The normalized spacial score (nSPS) is 18.2. The fourth-order valence-electron chi connectivity index (χ4n) is 2.87. The average Bonchev–Trinajstić information content (AvgIpc) is 2.66. The second-order valence-electron chi connectivity index (χ2n) is 5.33. The molecule has 0 saturated heterocycles. The molecule has 3 nitrogen and oxygen atoms in total. The van der Waals surface area contributed by atoms with Crippen molar-refractivity contribution in [3.8, 4) is 0 Å². The third-order valence-corrected chi connectivity index (χ3v) is 4.32. The number of fused-ring (bicyclic) bond motifs is 1. The molecule has 1 aliphatic carbocycles. The molecule has 3 heteroatoms. The summed E-state index contributed by atoms with van der Waals surface area (Å²) in [5.74, 6) is 0. The van der Waals surface area contributed by atoms with E-state index in [-0.39, 0.29) is 0 Å². The molecule has 90 valence electrons. The Morgan fingerprint density at radius 2 is 2.24 bits per heavy atom. The van der Waals surface area contributed by atoms with Crippen LogP contribution in [0.4, 0.5) is 5.69 Å². The van der Waals surface area contributed by atoms with E-state index in [0.717, 1.165) is 17.7 Å². The summed E-state index contributed by atoms with van der Waals surface area (Å²) < 4.78 is 2.29. The van der Waals surface area contributed by atoms with Crippen molar-refractivity contribution >= 4 is 16.7 Å². The van der Waals surface area contributed by atoms with E-state index in [1.807, 2.05) is 18.5 Å². The predicted octanol–water partition coefficient (Wildman–Crippen LogP) is 3.20. The van der Waals surface area contributed by atoms with Gasteiger partial charge in [0.15, 0.2) is 0 Å². The highest BCUT2D eigenvalue weighted by atomic mass is 15.1. The van der Waals surface area contributed by atoms with Crippen molar-refractivity contribution in [2.24, 2.45) is 5.41 Å². The van der Waals surface area contributed by atoms with Gasteiger partial charge in [0.25, 0.3) is 0 Å². The van der Waals surface area contributed by atoms with E-state index in [1.54, 1.807) is 0 Å². The van der Waals surface area contributed by atoms with Crippen LogP contribution in [0.1, 0.15) is 32.6 Å². The van der Waals surface area contributed by atoms with E-state index in [1.165, 1.54) is 31.2 Å². The Balaban J connectivity index is 1.95. The van der Waals surface area contributed by atoms with E-state index < -0.39 is 0 Å². The van der Waals surface area contributed by atoms with Crippen LogP contribution in [0.2, 0.25) is 0 Å². The van der Waals surface area contributed by atoms with Gasteiger partial charge in [-0.25, -0.2) is 4.98 Å². The van der Waals surface area contributed by atoms with Gasteiger partial charge in [0.05, 0.1) is 17.4 Å². The summed E-state index contributed by atoms with van der Waals surface area (Å²) in [5, 5.41) is 0. The summed E-state index contributed by atoms with van der Waals surface area (Å²) in [6.07, 6.45) is 7.32. The minimum atomic E-state index is 0.523. The summed E-state index contributed by atoms with van der Waals surface area (Å²) in [7, 11) is 0. The molecule has 3 rings (SSSR count). The second-order valence-corrected chi connectivity index (χ2v) is 5.33. The molecular formula is C14H19N3. The molecule has 0 aliphatic heterocycles. The van der Waals surface area contributed by atoms with Gasteiger partial charge in [-0.05, 0) is 42.9 Å². The number of nitrogen functional groups attached to an aromatic ring is 1. The number of nitrogens with two attached hydrogens (primary N) is 1. The van der Waals surface area contributed by atoms with Crippen LogP contribution in [0.3, 0.4) is 0 Å². The first-order chi connectivity index (χ1) is 8.22. The quantitative estimate of drug-likeness (QED) is 0.821. The Kier molecular flexibility index (Phi) is 2.35. The van der Waals surface area contributed by atoms with E-state index >= 15 is 0 Å². The van der Waals surface area contributed by atoms with Crippen molar-refractivity contribution in [2.45, 2.75) is 39.2 Å². The molecule has 1 heterocycles. The van der Waals surface area contributed by atoms with Gasteiger partial charge in [0.1, 0.15) is 0 Å². The highest BCUT2D eigenvalue weighted by Crippen LogP contribution is 2.45. The van der Waals surface area contributed by atoms with Gasteiger partial charge in [-0.15, -0.1) is 0 Å². The Hall–Kier alpha value is -1.51. The maximum Gasteiger partial charge on any atom is 0.0958 e. The van der Waals surface area contributed by atoms with Crippen LogP contribution < -0.4 is 5.73 Å². The molecule has 17 heavy (non-hydrogen) atoms. The Morgan fingerprint density at radius 1 is 1.41 bits per heavy atom. The summed E-state index contributed by atoms with van der Waals surface area (Å²) >= 11 is 0. The van der Waals surface area contributed by atoms with Gasteiger partial charge < -0.3 is 10.3 Å². The molecule has 1 aliphatic rings. The largest absolute Gasteiger partial charge is 0.399 e. The first kappa shape index (κ1) is 10.6. The molecular weight excluding hydrogens is 210 g/mol. The van der Waals surface area contributed by atoms with Crippen LogP contribution >= 0.6 is 0 Å². The lowest BCUT2D eigenvalue weighted by Gasteiger charge is -2.41. The maximum absolute atomic E-state index is 5.77.